The fourth-order valence-corrected chi connectivity index (χ4v) is 1.12. The Bertz CT molecular complexity index is 473. The average molecular weight is 326 g/mol. The summed E-state index contributed by atoms with van der Waals surface area (Å²) in [5, 5.41) is 0. The smallest absolute Gasteiger partial charge is 0.337 e. The zero-order valence-corrected chi connectivity index (χ0v) is 14.6. The van der Waals surface area contributed by atoms with Gasteiger partial charge >= 0.3 is 17.9 Å². The molecular formula is C17H26O6. The number of ether oxygens (including phenoxy) is 3. The lowest BCUT2D eigenvalue weighted by atomic mass is 10.2. The molecule has 0 fully saturated rings. The zero-order valence-electron chi connectivity index (χ0n) is 14.6. The Morgan fingerprint density at radius 3 is 1.83 bits per heavy atom. The van der Waals surface area contributed by atoms with E-state index < -0.39 is 11.9 Å². The monoisotopic (exact) mass is 326 g/mol. The summed E-state index contributed by atoms with van der Waals surface area (Å²) < 4.78 is 13.7. The molecule has 0 aromatic rings. The van der Waals surface area contributed by atoms with Gasteiger partial charge in [-0.25, -0.2) is 14.4 Å². The second-order valence-corrected chi connectivity index (χ2v) is 4.61. The first kappa shape index (κ1) is 22.9. The van der Waals surface area contributed by atoms with Gasteiger partial charge in [-0.05, 0) is 26.3 Å². The predicted molar refractivity (Wildman–Crippen MR) is 87.6 cm³/mol. The quantitative estimate of drug-likeness (QED) is 0.235. The van der Waals surface area contributed by atoms with Gasteiger partial charge in [-0.2, -0.15) is 0 Å². The number of carbonyl (C=O) groups excluding carboxylic acids is 3. The molecule has 0 saturated heterocycles. The van der Waals surface area contributed by atoms with E-state index >= 15 is 0 Å². The van der Waals surface area contributed by atoms with Gasteiger partial charge in [-0.3, -0.25) is 0 Å². The minimum Gasteiger partial charge on any atom is -0.466 e. The van der Waals surface area contributed by atoms with Crippen molar-refractivity contribution < 1.29 is 28.6 Å². The standard InChI is InChI=1S/C12H18O4.C5H8O2/c1-5-6-7-16-12(14)10(3)8-9(2)11(13)15-4;1-4(2)5(6)7-3/h8H,3,5-7H2,1-2,4H3;1H2,2-3H3/b9-8+;. The average Bonchev–Trinajstić information content (AvgIpc) is 2.53. The molecular weight excluding hydrogens is 300 g/mol. The number of methoxy groups -OCH3 is 2. The Balaban J connectivity index is 0. The number of unbranched alkanes of at least 4 members (excludes halogenated alkanes) is 1. The minimum atomic E-state index is -0.503. The zero-order chi connectivity index (χ0) is 18.4. The van der Waals surface area contributed by atoms with E-state index in [0.717, 1.165) is 12.8 Å². The molecule has 0 saturated carbocycles. The van der Waals surface area contributed by atoms with Crippen LogP contribution in [-0.2, 0) is 28.6 Å². The summed E-state index contributed by atoms with van der Waals surface area (Å²) in [6.07, 6.45) is 3.13. The molecule has 0 aliphatic rings. The van der Waals surface area contributed by atoms with Gasteiger partial charge in [0, 0.05) is 11.1 Å². The van der Waals surface area contributed by atoms with E-state index in [-0.39, 0.29) is 11.5 Å². The Morgan fingerprint density at radius 1 is 0.957 bits per heavy atom. The third-order valence-electron chi connectivity index (χ3n) is 2.43. The lowest BCUT2D eigenvalue weighted by Crippen LogP contribution is -2.09. The van der Waals surface area contributed by atoms with E-state index in [1.54, 1.807) is 13.8 Å². The first-order chi connectivity index (χ1) is 10.7. The summed E-state index contributed by atoms with van der Waals surface area (Å²) >= 11 is 0. The second-order valence-electron chi connectivity index (χ2n) is 4.61. The van der Waals surface area contributed by atoms with E-state index in [1.807, 2.05) is 6.92 Å². The third-order valence-corrected chi connectivity index (χ3v) is 2.43. The molecule has 0 atom stereocenters. The normalized spacial score (nSPS) is 9.87. The van der Waals surface area contributed by atoms with Gasteiger partial charge in [-0.1, -0.05) is 26.5 Å². The van der Waals surface area contributed by atoms with Crippen molar-refractivity contribution in [3.63, 3.8) is 0 Å². The maximum absolute atomic E-state index is 11.3. The molecule has 6 heteroatoms. The number of hydrogen-bond donors (Lipinski definition) is 0. The highest BCUT2D eigenvalue weighted by Gasteiger charge is 2.09. The molecule has 0 heterocycles. The van der Waals surface area contributed by atoms with Gasteiger partial charge < -0.3 is 14.2 Å². The number of esters is 3. The first-order valence-electron chi connectivity index (χ1n) is 7.07. The Labute approximate surface area is 137 Å². The van der Waals surface area contributed by atoms with Crippen LogP contribution in [0.3, 0.4) is 0 Å². The van der Waals surface area contributed by atoms with E-state index in [9.17, 15) is 14.4 Å². The van der Waals surface area contributed by atoms with Crippen molar-refractivity contribution in [3.8, 4) is 0 Å². The van der Waals surface area contributed by atoms with Crippen molar-refractivity contribution >= 4 is 17.9 Å². The molecule has 0 spiro atoms. The molecule has 0 radical (unpaired) electrons. The summed E-state index contributed by atoms with van der Waals surface area (Å²) in [4.78, 5) is 32.6. The highest BCUT2D eigenvalue weighted by atomic mass is 16.5. The summed E-state index contributed by atoms with van der Waals surface area (Å²) in [5.74, 6) is -1.33. The van der Waals surface area contributed by atoms with Gasteiger partial charge in [0.2, 0.25) is 0 Å². The third kappa shape index (κ3) is 11.9. The van der Waals surface area contributed by atoms with Crippen LogP contribution in [0.5, 0.6) is 0 Å². The summed E-state index contributed by atoms with van der Waals surface area (Å²) in [6, 6.07) is 0. The molecule has 0 aliphatic carbocycles. The Morgan fingerprint density at radius 2 is 1.48 bits per heavy atom. The van der Waals surface area contributed by atoms with Gasteiger partial charge in [0.25, 0.3) is 0 Å². The van der Waals surface area contributed by atoms with Crippen molar-refractivity contribution in [2.24, 2.45) is 0 Å². The van der Waals surface area contributed by atoms with Crippen LogP contribution >= 0.6 is 0 Å². The number of hydrogen-bond acceptors (Lipinski definition) is 6. The molecule has 0 aliphatic heterocycles. The molecule has 0 bridgehead atoms. The molecule has 0 N–H and O–H groups in total. The lowest BCUT2D eigenvalue weighted by molar-refractivity contribution is -0.138. The fourth-order valence-electron chi connectivity index (χ4n) is 1.12. The van der Waals surface area contributed by atoms with Crippen molar-refractivity contribution in [2.45, 2.75) is 33.6 Å². The summed E-state index contributed by atoms with van der Waals surface area (Å²) in [6.45, 7) is 12.4. The molecule has 0 rings (SSSR count). The SMILES string of the molecule is C=C(/C=C(\C)C(=O)OC)C(=O)OCCCC.C=C(C)C(=O)OC. The van der Waals surface area contributed by atoms with Gasteiger partial charge in [-0.15, -0.1) is 0 Å². The van der Waals surface area contributed by atoms with Crippen LogP contribution in [0.15, 0.2) is 36.0 Å². The number of rotatable bonds is 7. The predicted octanol–water partition coefficient (Wildman–Crippen LogP) is 2.74. The Hall–Kier alpha value is -2.37. The van der Waals surface area contributed by atoms with Crippen LogP contribution in [-0.4, -0.2) is 38.7 Å². The highest BCUT2D eigenvalue weighted by molar-refractivity contribution is 5.95. The van der Waals surface area contributed by atoms with Crippen LogP contribution in [0.4, 0.5) is 0 Å². The van der Waals surface area contributed by atoms with Gasteiger partial charge in [0.05, 0.1) is 26.4 Å². The van der Waals surface area contributed by atoms with E-state index in [4.69, 9.17) is 4.74 Å². The highest BCUT2D eigenvalue weighted by Crippen LogP contribution is 2.04. The molecule has 6 nitrogen and oxygen atoms in total. The molecule has 0 aromatic carbocycles. The van der Waals surface area contributed by atoms with Gasteiger partial charge in [0.1, 0.15) is 0 Å². The molecule has 0 aromatic heterocycles. The van der Waals surface area contributed by atoms with Crippen molar-refractivity contribution in [1.29, 1.82) is 0 Å². The van der Waals surface area contributed by atoms with Crippen LogP contribution in [0.2, 0.25) is 0 Å². The maximum Gasteiger partial charge on any atom is 0.337 e. The topological polar surface area (TPSA) is 78.9 Å². The van der Waals surface area contributed by atoms with E-state index in [1.165, 1.54) is 20.3 Å². The maximum atomic E-state index is 11.3. The fraction of sp³-hybridized carbons (Fsp3) is 0.471. The van der Waals surface area contributed by atoms with Crippen LogP contribution in [0.25, 0.3) is 0 Å². The van der Waals surface area contributed by atoms with Crippen molar-refractivity contribution in [2.75, 3.05) is 20.8 Å². The van der Waals surface area contributed by atoms with Gasteiger partial charge in [0.15, 0.2) is 0 Å². The van der Waals surface area contributed by atoms with Crippen LogP contribution in [0.1, 0.15) is 33.6 Å². The lowest BCUT2D eigenvalue weighted by Gasteiger charge is -2.04. The van der Waals surface area contributed by atoms with Crippen molar-refractivity contribution in [3.05, 3.63) is 36.0 Å². The second kappa shape index (κ2) is 13.3. The molecule has 0 unspecified atom stereocenters. The summed E-state index contributed by atoms with van der Waals surface area (Å²) in [7, 11) is 2.61. The first-order valence-corrected chi connectivity index (χ1v) is 7.07. The van der Waals surface area contributed by atoms with Crippen LogP contribution < -0.4 is 0 Å². The number of carbonyl (C=O) groups is 3. The summed E-state index contributed by atoms with van der Waals surface area (Å²) in [5.41, 5.74) is 0.904. The molecule has 0 amide bonds. The van der Waals surface area contributed by atoms with E-state index in [0.29, 0.717) is 17.8 Å². The van der Waals surface area contributed by atoms with Crippen molar-refractivity contribution in [1.82, 2.24) is 0 Å². The molecule has 23 heavy (non-hydrogen) atoms. The largest absolute Gasteiger partial charge is 0.466 e. The van der Waals surface area contributed by atoms with Crippen LogP contribution in [0, 0.1) is 0 Å². The minimum absolute atomic E-state index is 0.152. The van der Waals surface area contributed by atoms with E-state index in [2.05, 4.69) is 22.6 Å². The Kier molecular flexibility index (Phi) is 13.2. The molecule has 130 valence electrons.